The summed E-state index contributed by atoms with van der Waals surface area (Å²) >= 11 is 0. The van der Waals surface area contributed by atoms with Gasteiger partial charge in [-0.2, -0.15) is 0 Å². The predicted molar refractivity (Wildman–Crippen MR) is 150 cm³/mol. The first-order chi connectivity index (χ1) is 17.2. The Morgan fingerprint density at radius 2 is 1.09 bits per heavy atom. The zero-order chi connectivity index (χ0) is 24.7. The van der Waals surface area contributed by atoms with E-state index in [1.807, 2.05) is 0 Å². The van der Waals surface area contributed by atoms with E-state index in [0.29, 0.717) is 0 Å². The van der Waals surface area contributed by atoms with Crippen LogP contribution in [0.4, 0.5) is 0 Å². The van der Waals surface area contributed by atoms with Gasteiger partial charge in [0.2, 0.25) is 0 Å². The highest BCUT2D eigenvalue weighted by Crippen LogP contribution is 2.33. The maximum absolute atomic E-state index is 6.06. The van der Waals surface area contributed by atoms with E-state index >= 15 is 0 Å². The summed E-state index contributed by atoms with van der Waals surface area (Å²) in [6, 6.07) is 26.0. The molecule has 35 heavy (non-hydrogen) atoms. The zero-order valence-electron chi connectivity index (χ0n) is 22.1. The van der Waals surface area contributed by atoms with Crippen LogP contribution in [0.2, 0.25) is 0 Å². The molecule has 3 aromatic carbocycles. The quantitative estimate of drug-likeness (QED) is 0.193. The van der Waals surface area contributed by atoms with Gasteiger partial charge in [-0.3, -0.25) is 0 Å². The van der Waals surface area contributed by atoms with E-state index in [2.05, 4.69) is 93.6 Å². The summed E-state index contributed by atoms with van der Waals surface area (Å²) in [7, 11) is 0. The number of ether oxygens (including phenoxy) is 2. The molecule has 1 unspecified atom stereocenters. The fourth-order valence-corrected chi connectivity index (χ4v) is 4.43. The third-order valence-electron chi connectivity index (χ3n) is 6.67. The Kier molecular flexibility index (Phi) is 11.9. The molecule has 0 fully saturated rings. The van der Waals surface area contributed by atoms with Crippen molar-refractivity contribution in [3.8, 4) is 28.0 Å². The molecule has 3 rings (SSSR count). The zero-order valence-corrected chi connectivity index (χ0v) is 22.1. The Bertz CT molecular complexity index is 959. The first-order valence-electron chi connectivity index (χ1n) is 13.8. The molecule has 0 radical (unpaired) electrons. The van der Waals surface area contributed by atoms with Crippen molar-refractivity contribution in [2.45, 2.75) is 84.7 Å². The van der Waals surface area contributed by atoms with Crippen LogP contribution in [-0.4, -0.2) is 13.2 Å². The van der Waals surface area contributed by atoms with Crippen LogP contribution in [0.1, 0.15) is 90.2 Å². The van der Waals surface area contributed by atoms with Crippen LogP contribution in [0.5, 0.6) is 5.75 Å². The molecule has 0 aliphatic heterocycles. The van der Waals surface area contributed by atoms with Gasteiger partial charge in [-0.25, -0.2) is 0 Å². The standard InChI is InChI=1S/C33H44O2/c1-4-6-8-10-14-26-35-31-23-21-30(22-24-31)33-16-12-11-15-32(33)29-19-17-28(18-20-29)27(3)34-25-13-9-7-5-2/h11-12,15-24,27H,4-10,13-14,25-26H2,1-3H3. The van der Waals surface area contributed by atoms with Gasteiger partial charge in [0, 0.05) is 6.61 Å². The molecule has 0 saturated carbocycles. The highest BCUT2D eigenvalue weighted by molar-refractivity contribution is 5.83. The smallest absolute Gasteiger partial charge is 0.119 e. The van der Waals surface area contributed by atoms with Crippen molar-refractivity contribution < 1.29 is 9.47 Å². The molecule has 188 valence electrons. The number of hydrogen-bond donors (Lipinski definition) is 0. The molecular formula is C33H44O2. The molecular weight excluding hydrogens is 428 g/mol. The van der Waals surface area contributed by atoms with E-state index in [1.165, 1.54) is 72.8 Å². The van der Waals surface area contributed by atoms with Crippen LogP contribution in [-0.2, 0) is 4.74 Å². The SMILES string of the molecule is CCCCCCCOc1ccc(-c2ccccc2-c2ccc(C(C)OCCCCCC)cc2)cc1. The van der Waals surface area contributed by atoms with Crippen LogP contribution >= 0.6 is 0 Å². The Hall–Kier alpha value is -2.58. The third kappa shape index (κ3) is 8.85. The highest BCUT2D eigenvalue weighted by atomic mass is 16.5. The number of unbranched alkanes of at least 4 members (excludes halogenated alkanes) is 7. The lowest BCUT2D eigenvalue weighted by molar-refractivity contribution is 0.0628. The first kappa shape index (κ1) is 27.0. The van der Waals surface area contributed by atoms with Gasteiger partial charge in [-0.1, -0.05) is 119 Å². The molecule has 2 heteroatoms. The predicted octanol–water partition coefficient (Wildman–Crippen LogP) is 10.0. The molecule has 0 bridgehead atoms. The van der Waals surface area contributed by atoms with Crippen LogP contribution < -0.4 is 4.74 Å². The summed E-state index contributed by atoms with van der Waals surface area (Å²) in [5, 5.41) is 0. The van der Waals surface area contributed by atoms with Gasteiger partial charge in [-0.05, 0) is 59.7 Å². The van der Waals surface area contributed by atoms with E-state index in [4.69, 9.17) is 9.47 Å². The van der Waals surface area contributed by atoms with E-state index in [0.717, 1.165) is 31.8 Å². The average molecular weight is 473 g/mol. The molecule has 0 heterocycles. The van der Waals surface area contributed by atoms with Gasteiger partial charge >= 0.3 is 0 Å². The number of hydrogen-bond acceptors (Lipinski definition) is 2. The van der Waals surface area contributed by atoms with Crippen LogP contribution in [0.25, 0.3) is 22.3 Å². The minimum absolute atomic E-state index is 0.125. The molecule has 1 atom stereocenters. The maximum Gasteiger partial charge on any atom is 0.119 e. The van der Waals surface area contributed by atoms with Gasteiger partial charge in [-0.15, -0.1) is 0 Å². The Balaban J connectivity index is 1.60. The van der Waals surface area contributed by atoms with Crippen LogP contribution in [0.15, 0.2) is 72.8 Å². The fourth-order valence-electron chi connectivity index (χ4n) is 4.43. The summed E-state index contributed by atoms with van der Waals surface area (Å²) in [6.45, 7) is 8.27. The molecule has 0 N–H and O–H groups in total. The van der Waals surface area contributed by atoms with Gasteiger partial charge in [0.15, 0.2) is 0 Å². The Morgan fingerprint density at radius 1 is 0.571 bits per heavy atom. The molecule has 0 aromatic heterocycles. The highest BCUT2D eigenvalue weighted by Gasteiger charge is 2.10. The van der Waals surface area contributed by atoms with E-state index in [9.17, 15) is 0 Å². The third-order valence-corrected chi connectivity index (χ3v) is 6.67. The molecule has 0 spiro atoms. The Morgan fingerprint density at radius 3 is 1.69 bits per heavy atom. The lowest BCUT2D eigenvalue weighted by Crippen LogP contribution is -2.01. The fraction of sp³-hybridized carbons (Fsp3) is 0.455. The van der Waals surface area contributed by atoms with Crippen LogP contribution in [0, 0.1) is 0 Å². The number of benzene rings is 3. The van der Waals surface area contributed by atoms with Gasteiger partial charge in [0.05, 0.1) is 12.7 Å². The van der Waals surface area contributed by atoms with Crippen molar-refractivity contribution in [3.63, 3.8) is 0 Å². The maximum atomic E-state index is 6.06. The van der Waals surface area contributed by atoms with E-state index in [1.54, 1.807) is 0 Å². The molecule has 0 saturated heterocycles. The van der Waals surface area contributed by atoms with Gasteiger partial charge in [0.25, 0.3) is 0 Å². The minimum atomic E-state index is 0.125. The second-order valence-electron chi connectivity index (χ2n) is 9.53. The molecule has 0 aliphatic carbocycles. The number of rotatable bonds is 16. The molecule has 2 nitrogen and oxygen atoms in total. The van der Waals surface area contributed by atoms with Crippen molar-refractivity contribution in [3.05, 3.63) is 78.4 Å². The summed E-state index contributed by atoms with van der Waals surface area (Å²) in [4.78, 5) is 0. The van der Waals surface area contributed by atoms with Gasteiger partial charge in [0.1, 0.15) is 5.75 Å². The molecule has 3 aromatic rings. The van der Waals surface area contributed by atoms with E-state index < -0.39 is 0 Å². The molecule has 0 amide bonds. The summed E-state index contributed by atoms with van der Waals surface area (Å²) in [6.07, 6.45) is 11.4. The van der Waals surface area contributed by atoms with Gasteiger partial charge < -0.3 is 9.47 Å². The minimum Gasteiger partial charge on any atom is -0.494 e. The second kappa shape index (κ2) is 15.4. The topological polar surface area (TPSA) is 18.5 Å². The monoisotopic (exact) mass is 472 g/mol. The van der Waals surface area contributed by atoms with Crippen molar-refractivity contribution in [1.29, 1.82) is 0 Å². The van der Waals surface area contributed by atoms with Crippen molar-refractivity contribution in [2.75, 3.05) is 13.2 Å². The largest absolute Gasteiger partial charge is 0.494 e. The summed E-state index contributed by atoms with van der Waals surface area (Å²) in [5.74, 6) is 0.953. The lowest BCUT2D eigenvalue weighted by Gasteiger charge is -2.15. The van der Waals surface area contributed by atoms with Crippen LogP contribution in [0.3, 0.4) is 0 Å². The summed E-state index contributed by atoms with van der Waals surface area (Å²) in [5.41, 5.74) is 6.16. The average Bonchev–Trinajstić information content (AvgIpc) is 2.91. The first-order valence-corrected chi connectivity index (χ1v) is 13.8. The van der Waals surface area contributed by atoms with Crippen molar-refractivity contribution in [1.82, 2.24) is 0 Å². The van der Waals surface area contributed by atoms with Crippen molar-refractivity contribution >= 4 is 0 Å². The second-order valence-corrected chi connectivity index (χ2v) is 9.53. The van der Waals surface area contributed by atoms with E-state index in [-0.39, 0.29) is 6.10 Å². The molecule has 0 aliphatic rings. The van der Waals surface area contributed by atoms with Crippen molar-refractivity contribution in [2.24, 2.45) is 0 Å². The summed E-state index contributed by atoms with van der Waals surface area (Å²) < 4.78 is 12.0. The normalized spacial score (nSPS) is 12.0. The lowest BCUT2D eigenvalue weighted by atomic mass is 9.94. The Labute approximate surface area is 213 Å².